The lowest BCUT2D eigenvalue weighted by Gasteiger charge is -2.11. The second kappa shape index (κ2) is 24.4. The van der Waals surface area contributed by atoms with Crippen molar-refractivity contribution >= 4 is 36.2 Å². The predicted molar refractivity (Wildman–Crippen MR) is 197 cm³/mol. The molecule has 0 spiro atoms. The van der Waals surface area contributed by atoms with Crippen molar-refractivity contribution in [2.75, 3.05) is 26.4 Å². The highest BCUT2D eigenvalue weighted by molar-refractivity contribution is 5.92. The topological polar surface area (TPSA) is 176 Å². The zero-order valence-electron chi connectivity index (χ0n) is 31.5. The summed E-state index contributed by atoms with van der Waals surface area (Å²) in [5, 5.41) is 0. The van der Waals surface area contributed by atoms with Crippen molar-refractivity contribution in [1.82, 2.24) is 0 Å². The molecule has 0 radical (unpaired) electrons. The Labute approximate surface area is 320 Å². The van der Waals surface area contributed by atoms with E-state index in [-0.39, 0.29) is 59.3 Å². The molecule has 0 amide bonds. The number of unbranched alkanes of at least 4 members (excludes halogenated alkanes) is 6. The van der Waals surface area contributed by atoms with Gasteiger partial charge in [-0.25, -0.2) is 19.2 Å². The molecule has 3 aromatic carbocycles. The molecule has 0 saturated carbocycles. The summed E-state index contributed by atoms with van der Waals surface area (Å²) in [7, 11) is 0. The van der Waals surface area contributed by atoms with E-state index in [0.717, 1.165) is 38.5 Å². The van der Waals surface area contributed by atoms with Crippen molar-refractivity contribution in [3.05, 3.63) is 83.4 Å². The summed E-state index contributed by atoms with van der Waals surface area (Å²) in [5.41, 5.74) is 0.945. The lowest BCUT2D eigenvalue weighted by atomic mass is 10.2. The molecule has 0 bridgehead atoms. The molecular formula is C41H48O14. The van der Waals surface area contributed by atoms with E-state index in [0.29, 0.717) is 44.5 Å². The number of hydrogen-bond acceptors (Lipinski definition) is 14. The van der Waals surface area contributed by atoms with Gasteiger partial charge >= 0.3 is 36.2 Å². The number of esters is 4. The fraction of sp³-hybridized carbons (Fsp3) is 0.415. The van der Waals surface area contributed by atoms with Gasteiger partial charge in [-0.2, -0.15) is 0 Å². The molecule has 0 unspecified atom stereocenters. The van der Waals surface area contributed by atoms with E-state index in [4.69, 9.17) is 37.9 Å². The van der Waals surface area contributed by atoms with Gasteiger partial charge in [0, 0.05) is 12.8 Å². The van der Waals surface area contributed by atoms with Crippen molar-refractivity contribution in [1.29, 1.82) is 0 Å². The van der Waals surface area contributed by atoms with E-state index in [1.165, 1.54) is 60.7 Å². The third-order valence-electron chi connectivity index (χ3n) is 7.76. The summed E-state index contributed by atoms with van der Waals surface area (Å²) in [6.45, 7) is 6.30. The molecule has 0 aliphatic rings. The third-order valence-corrected chi connectivity index (χ3v) is 7.76. The minimum atomic E-state index is -0.864. The molecule has 0 heterocycles. The van der Waals surface area contributed by atoms with Gasteiger partial charge in [0.2, 0.25) is 0 Å². The van der Waals surface area contributed by atoms with Crippen LogP contribution in [0.2, 0.25) is 0 Å². The van der Waals surface area contributed by atoms with Crippen LogP contribution in [0, 0.1) is 6.92 Å². The van der Waals surface area contributed by atoms with Gasteiger partial charge in [0.25, 0.3) is 0 Å². The molecule has 0 atom stereocenters. The standard InChI is InChI=1S/C41H48O14/c1-4-36(42)48-24-10-6-8-12-26-50-40(46)53-32-18-14-30(15-19-32)38(44)52-34-22-23-35(29(3)28-34)55-39(45)31-16-20-33(21-17-31)54-41(47)51-27-13-9-7-11-25-49-37(43)5-2/h14-23,28H,4-13,24-27H2,1-3H3. The number of hydrogen-bond donors (Lipinski definition) is 0. The van der Waals surface area contributed by atoms with Crippen LogP contribution in [-0.4, -0.2) is 62.6 Å². The number of benzene rings is 3. The van der Waals surface area contributed by atoms with Crippen LogP contribution >= 0.6 is 0 Å². The Morgan fingerprint density at radius 1 is 0.436 bits per heavy atom. The van der Waals surface area contributed by atoms with Crippen molar-refractivity contribution in [3.8, 4) is 23.0 Å². The maximum absolute atomic E-state index is 12.8. The second-order valence-corrected chi connectivity index (χ2v) is 12.1. The van der Waals surface area contributed by atoms with Crippen molar-refractivity contribution in [3.63, 3.8) is 0 Å². The van der Waals surface area contributed by atoms with Crippen LogP contribution in [0.3, 0.4) is 0 Å². The van der Waals surface area contributed by atoms with Crippen molar-refractivity contribution in [2.24, 2.45) is 0 Å². The number of ether oxygens (including phenoxy) is 8. The maximum atomic E-state index is 12.8. The summed E-state index contributed by atoms with van der Waals surface area (Å²) in [6, 6.07) is 16.1. The van der Waals surface area contributed by atoms with E-state index in [1.807, 2.05) is 0 Å². The molecule has 296 valence electrons. The van der Waals surface area contributed by atoms with Crippen LogP contribution in [-0.2, 0) is 28.5 Å². The van der Waals surface area contributed by atoms with Crippen LogP contribution in [0.15, 0.2) is 66.7 Å². The van der Waals surface area contributed by atoms with Crippen molar-refractivity contribution < 1.29 is 66.7 Å². The van der Waals surface area contributed by atoms with E-state index >= 15 is 0 Å². The average Bonchev–Trinajstić information content (AvgIpc) is 3.18. The quantitative estimate of drug-likeness (QED) is 0.0313. The molecule has 3 rings (SSSR count). The van der Waals surface area contributed by atoms with Crippen LogP contribution in [0.25, 0.3) is 0 Å². The molecule has 0 N–H and O–H groups in total. The minimum Gasteiger partial charge on any atom is -0.466 e. The van der Waals surface area contributed by atoms with Gasteiger partial charge < -0.3 is 37.9 Å². The summed E-state index contributed by atoms with van der Waals surface area (Å²) in [5.74, 6) is -0.903. The first kappa shape index (κ1) is 43.5. The maximum Gasteiger partial charge on any atom is 0.513 e. The van der Waals surface area contributed by atoms with Gasteiger partial charge in [-0.05, 0) is 131 Å². The Hall–Kier alpha value is -5.92. The molecule has 14 heteroatoms. The summed E-state index contributed by atoms with van der Waals surface area (Å²) < 4.78 is 41.5. The van der Waals surface area contributed by atoms with Crippen molar-refractivity contribution in [2.45, 2.75) is 85.0 Å². The van der Waals surface area contributed by atoms with Gasteiger partial charge in [0.1, 0.15) is 23.0 Å². The SMILES string of the molecule is CCC(=O)OCCCCCCOC(=O)Oc1ccc(C(=O)Oc2ccc(OC(=O)c3ccc(OC(=O)OCCCCCCOC(=O)CC)cc3)c(C)c2)cc1. The molecule has 3 aromatic rings. The molecular weight excluding hydrogens is 716 g/mol. The normalized spacial score (nSPS) is 10.5. The monoisotopic (exact) mass is 764 g/mol. The van der Waals surface area contributed by atoms with Gasteiger partial charge in [-0.15, -0.1) is 0 Å². The molecule has 0 fully saturated rings. The van der Waals surface area contributed by atoms with E-state index in [9.17, 15) is 28.8 Å². The Kier molecular flexibility index (Phi) is 19.3. The Balaban J connectivity index is 1.35. The molecule has 55 heavy (non-hydrogen) atoms. The van der Waals surface area contributed by atoms with Gasteiger partial charge in [0.15, 0.2) is 0 Å². The highest BCUT2D eigenvalue weighted by Crippen LogP contribution is 2.26. The first-order valence-electron chi connectivity index (χ1n) is 18.3. The average molecular weight is 765 g/mol. The predicted octanol–water partition coefficient (Wildman–Crippen LogP) is 8.49. The molecule has 0 aromatic heterocycles. The van der Waals surface area contributed by atoms with Crippen LogP contribution in [0.1, 0.15) is 104 Å². The third kappa shape index (κ3) is 17.2. The fourth-order valence-electron chi connectivity index (χ4n) is 4.70. The Bertz CT molecular complexity index is 1700. The zero-order chi connectivity index (χ0) is 39.8. The minimum absolute atomic E-state index is 0.183. The highest BCUT2D eigenvalue weighted by Gasteiger charge is 2.15. The number of aryl methyl sites for hydroxylation is 1. The van der Waals surface area contributed by atoms with Crippen LogP contribution < -0.4 is 18.9 Å². The van der Waals surface area contributed by atoms with E-state index in [2.05, 4.69) is 0 Å². The van der Waals surface area contributed by atoms with E-state index < -0.39 is 24.2 Å². The summed E-state index contributed by atoms with van der Waals surface area (Å²) in [6.07, 6.45) is 5.04. The van der Waals surface area contributed by atoms with Gasteiger partial charge in [-0.1, -0.05) is 13.8 Å². The van der Waals surface area contributed by atoms with Crippen LogP contribution in [0.5, 0.6) is 23.0 Å². The van der Waals surface area contributed by atoms with E-state index in [1.54, 1.807) is 26.8 Å². The van der Waals surface area contributed by atoms with Crippen LogP contribution in [0.4, 0.5) is 9.59 Å². The Morgan fingerprint density at radius 3 is 1.22 bits per heavy atom. The summed E-state index contributed by atoms with van der Waals surface area (Å²) in [4.78, 5) is 71.7. The molecule has 14 nitrogen and oxygen atoms in total. The lowest BCUT2D eigenvalue weighted by Crippen LogP contribution is -2.13. The number of carbonyl (C=O) groups excluding carboxylic acids is 6. The highest BCUT2D eigenvalue weighted by atomic mass is 16.7. The number of rotatable bonds is 22. The molecule has 0 aliphatic heterocycles. The molecule has 0 aliphatic carbocycles. The molecule has 0 saturated heterocycles. The smallest absolute Gasteiger partial charge is 0.466 e. The first-order chi connectivity index (χ1) is 26.6. The van der Waals surface area contributed by atoms with Gasteiger partial charge in [-0.3, -0.25) is 9.59 Å². The summed E-state index contributed by atoms with van der Waals surface area (Å²) >= 11 is 0. The largest absolute Gasteiger partial charge is 0.513 e. The lowest BCUT2D eigenvalue weighted by molar-refractivity contribution is -0.144. The second-order valence-electron chi connectivity index (χ2n) is 12.1. The first-order valence-corrected chi connectivity index (χ1v) is 18.3. The zero-order valence-corrected chi connectivity index (χ0v) is 31.5. The number of carbonyl (C=O) groups is 6. The fourth-order valence-corrected chi connectivity index (χ4v) is 4.70. The Morgan fingerprint density at radius 2 is 0.818 bits per heavy atom. The van der Waals surface area contributed by atoms with Gasteiger partial charge in [0.05, 0.1) is 37.6 Å².